The Bertz CT molecular complexity index is 1410. The molecule has 0 saturated carbocycles. The Kier molecular flexibility index (Phi) is 6.51. The first-order valence-corrected chi connectivity index (χ1v) is 10.9. The second-order valence-electron chi connectivity index (χ2n) is 8.33. The number of anilines is 1. The predicted molar refractivity (Wildman–Crippen MR) is 119 cm³/mol. The highest BCUT2D eigenvalue weighted by Crippen LogP contribution is 2.46. The molecule has 1 aliphatic rings. The van der Waals surface area contributed by atoms with Crippen molar-refractivity contribution in [2.24, 2.45) is 5.10 Å². The lowest BCUT2D eigenvalue weighted by atomic mass is 9.93. The molecule has 196 valence electrons. The lowest BCUT2D eigenvalue weighted by Crippen LogP contribution is -2.58. The molecule has 2 N–H and O–H groups in total. The molecule has 0 radical (unpaired) electrons. The van der Waals surface area contributed by atoms with Gasteiger partial charge in [-0.1, -0.05) is 36.4 Å². The number of nitrogens with one attached hydrogen (secondary N) is 2. The van der Waals surface area contributed by atoms with Gasteiger partial charge in [-0.05, 0) is 31.2 Å². The molecule has 2 amide bonds. The van der Waals surface area contributed by atoms with E-state index in [9.17, 15) is 40.3 Å². The van der Waals surface area contributed by atoms with Crippen molar-refractivity contribution in [3.8, 4) is 0 Å². The highest BCUT2D eigenvalue weighted by Gasteiger charge is 2.76. The number of halogens is 7. The summed E-state index contributed by atoms with van der Waals surface area (Å²) in [6, 6.07) is 12.6. The predicted octanol–water partition coefficient (Wildman–Crippen LogP) is 5.98. The highest BCUT2D eigenvalue weighted by atomic mass is 19.4. The summed E-state index contributed by atoms with van der Waals surface area (Å²) in [6.07, 6.45) is -5.97. The first kappa shape index (κ1) is 26.2. The number of amides is 2. The third-order valence-corrected chi connectivity index (χ3v) is 5.90. The molecule has 37 heavy (non-hydrogen) atoms. The Balaban J connectivity index is 1.60. The Morgan fingerprint density at radius 1 is 0.946 bits per heavy atom. The Labute approximate surface area is 204 Å². The third kappa shape index (κ3) is 4.53. The van der Waals surface area contributed by atoms with E-state index in [1.54, 1.807) is 24.3 Å². The Morgan fingerprint density at radius 3 is 2.32 bits per heavy atom. The van der Waals surface area contributed by atoms with Crippen LogP contribution in [0.15, 0.2) is 52.0 Å². The van der Waals surface area contributed by atoms with Crippen molar-refractivity contribution in [2.45, 2.75) is 44.2 Å². The molecule has 0 fully saturated rings. The van der Waals surface area contributed by atoms with Crippen LogP contribution in [0.3, 0.4) is 0 Å². The molecule has 0 bridgehead atoms. The third-order valence-electron chi connectivity index (χ3n) is 5.90. The topological polar surface area (TPSA) is 83.7 Å². The van der Waals surface area contributed by atoms with E-state index < -0.39 is 29.8 Å². The average Bonchev–Trinajstić information content (AvgIpc) is 3.19. The van der Waals surface area contributed by atoms with Crippen LogP contribution in [0.25, 0.3) is 10.8 Å². The number of rotatable bonds is 5. The molecular weight excluding hydrogens is 511 g/mol. The van der Waals surface area contributed by atoms with Crippen LogP contribution in [0.5, 0.6) is 0 Å². The number of nitrogens with zero attached hydrogens (tertiary/aromatic N) is 1. The van der Waals surface area contributed by atoms with Crippen molar-refractivity contribution in [1.29, 1.82) is 0 Å². The van der Waals surface area contributed by atoms with Gasteiger partial charge in [-0.3, -0.25) is 9.59 Å². The molecule has 0 aliphatic heterocycles. The number of furan rings is 1. The molecule has 1 aromatic heterocycles. The second kappa shape index (κ2) is 9.20. The summed E-state index contributed by atoms with van der Waals surface area (Å²) < 4.78 is 96.3. The number of carbonyl (C=O) groups is 2. The fourth-order valence-corrected chi connectivity index (χ4v) is 4.02. The fraction of sp³-hybridized carbons (Fsp3) is 0.292. The van der Waals surface area contributed by atoms with E-state index in [1.807, 2.05) is 18.2 Å². The molecule has 6 nitrogen and oxygen atoms in total. The number of aryl methyl sites for hydroxylation is 1. The second-order valence-corrected chi connectivity index (χ2v) is 8.33. The minimum absolute atomic E-state index is 0.0548. The largest absolute Gasteiger partial charge is 0.460 e. The summed E-state index contributed by atoms with van der Waals surface area (Å²) in [7, 11) is 0. The van der Waals surface area contributed by atoms with Gasteiger partial charge in [0.25, 0.3) is 5.91 Å². The summed E-state index contributed by atoms with van der Waals surface area (Å²) in [4.78, 5) is 24.6. The van der Waals surface area contributed by atoms with E-state index in [4.69, 9.17) is 4.42 Å². The van der Waals surface area contributed by atoms with Crippen molar-refractivity contribution < 1.29 is 44.7 Å². The van der Waals surface area contributed by atoms with Crippen LogP contribution in [-0.2, 0) is 11.2 Å². The van der Waals surface area contributed by atoms with Gasteiger partial charge in [-0.25, -0.2) is 5.43 Å². The molecule has 3 aromatic rings. The molecular formula is C24H18F7N3O3. The molecule has 2 aromatic carbocycles. The molecule has 0 atom stereocenters. The SMILES string of the molecule is Cc1c(C(=O)Nc2cccc3ccccc23)oc2c1/C(=N/NC(=O)C(F)(F)C(F)(F)C(F)(F)F)CCC2. The van der Waals surface area contributed by atoms with Crippen LogP contribution < -0.4 is 10.7 Å². The van der Waals surface area contributed by atoms with Gasteiger partial charge < -0.3 is 9.73 Å². The van der Waals surface area contributed by atoms with Gasteiger partial charge in [0.15, 0.2) is 5.76 Å². The summed E-state index contributed by atoms with van der Waals surface area (Å²) in [5.74, 6) is -16.2. The van der Waals surface area contributed by atoms with Crippen LogP contribution in [-0.4, -0.2) is 35.5 Å². The van der Waals surface area contributed by atoms with Crippen LogP contribution >= 0.6 is 0 Å². The lowest BCUT2D eigenvalue weighted by Gasteiger charge is -2.26. The van der Waals surface area contributed by atoms with E-state index >= 15 is 0 Å². The first-order chi connectivity index (χ1) is 17.3. The quantitative estimate of drug-likeness (QED) is 0.315. The Morgan fingerprint density at radius 2 is 1.62 bits per heavy atom. The molecule has 1 aliphatic carbocycles. The summed E-state index contributed by atoms with van der Waals surface area (Å²) in [5, 5.41) is 7.75. The average molecular weight is 529 g/mol. The van der Waals surface area contributed by atoms with Gasteiger partial charge in [0.2, 0.25) is 0 Å². The van der Waals surface area contributed by atoms with E-state index in [0.29, 0.717) is 18.5 Å². The fourth-order valence-electron chi connectivity index (χ4n) is 4.02. The summed E-state index contributed by atoms with van der Waals surface area (Å²) in [6.45, 7) is 1.47. The zero-order valence-corrected chi connectivity index (χ0v) is 19.0. The lowest BCUT2D eigenvalue weighted by molar-refractivity contribution is -0.344. The smallest absolute Gasteiger partial charge is 0.455 e. The molecule has 13 heteroatoms. The number of benzene rings is 2. The number of carbonyl (C=O) groups excluding carboxylic acids is 2. The van der Waals surface area contributed by atoms with E-state index in [-0.39, 0.29) is 34.8 Å². The van der Waals surface area contributed by atoms with Gasteiger partial charge in [0, 0.05) is 28.6 Å². The minimum Gasteiger partial charge on any atom is -0.455 e. The molecule has 4 rings (SSSR count). The maximum absolute atomic E-state index is 13.6. The van der Waals surface area contributed by atoms with E-state index in [1.165, 1.54) is 6.92 Å². The zero-order chi connectivity index (χ0) is 27.2. The van der Waals surface area contributed by atoms with Gasteiger partial charge in [-0.15, -0.1) is 0 Å². The number of hydrogen-bond acceptors (Lipinski definition) is 4. The van der Waals surface area contributed by atoms with Crippen molar-refractivity contribution in [2.75, 3.05) is 5.32 Å². The number of hydrogen-bond donors (Lipinski definition) is 2. The van der Waals surface area contributed by atoms with Gasteiger partial charge in [0.1, 0.15) is 5.76 Å². The summed E-state index contributed by atoms with van der Waals surface area (Å²) in [5.41, 5.74) is 1.91. The van der Waals surface area contributed by atoms with Crippen molar-refractivity contribution in [3.63, 3.8) is 0 Å². The summed E-state index contributed by atoms with van der Waals surface area (Å²) >= 11 is 0. The molecule has 0 saturated heterocycles. The first-order valence-electron chi connectivity index (χ1n) is 10.9. The molecule has 1 heterocycles. The number of hydrazone groups is 1. The Hall–Kier alpha value is -3.90. The van der Waals surface area contributed by atoms with E-state index in [0.717, 1.165) is 16.2 Å². The number of alkyl halides is 7. The highest BCUT2D eigenvalue weighted by molar-refractivity contribution is 6.11. The zero-order valence-electron chi connectivity index (χ0n) is 19.0. The minimum atomic E-state index is -6.66. The molecule has 0 spiro atoms. The maximum atomic E-state index is 13.6. The van der Waals surface area contributed by atoms with Gasteiger partial charge >= 0.3 is 23.9 Å². The van der Waals surface area contributed by atoms with Crippen molar-refractivity contribution >= 4 is 34.0 Å². The van der Waals surface area contributed by atoms with E-state index in [2.05, 4.69) is 10.4 Å². The molecule has 0 unspecified atom stereocenters. The standard InChI is InChI=1S/C24H18F7N3O3/c1-12-18-16(33-34-21(36)22(25,26)23(27,28)24(29,30)31)10-5-11-17(18)37-19(12)20(35)32-15-9-4-7-13-6-2-3-8-14(13)15/h2-4,6-9H,5,10-11H2,1H3,(H,32,35)(H,34,36)/b33-16+. The van der Waals surface area contributed by atoms with Gasteiger partial charge in [0.05, 0.1) is 5.71 Å². The van der Waals surface area contributed by atoms with Crippen molar-refractivity contribution in [1.82, 2.24) is 5.43 Å². The van der Waals surface area contributed by atoms with Crippen LogP contribution in [0.1, 0.15) is 40.3 Å². The number of fused-ring (bicyclic) bond motifs is 2. The van der Waals surface area contributed by atoms with Crippen molar-refractivity contribution in [3.05, 3.63) is 65.1 Å². The maximum Gasteiger partial charge on any atom is 0.460 e. The van der Waals surface area contributed by atoms with Crippen LogP contribution in [0, 0.1) is 6.92 Å². The van der Waals surface area contributed by atoms with Crippen LogP contribution in [0.2, 0.25) is 0 Å². The van der Waals surface area contributed by atoms with Crippen LogP contribution in [0.4, 0.5) is 36.4 Å². The normalized spacial score (nSPS) is 15.5. The monoisotopic (exact) mass is 529 g/mol. The van der Waals surface area contributed by atoms with Gasteiger partial charge in [-0.2, -0.15) is 35.8 Å².